The molecule has 1 saturated heterocycles. The van der Waals surface area contributed by atoms with Gasteiger partial charge in [-0.1, -0.05) is 0 Å². The summed E-state index contributed by atoms with van der Waals surface area (Å²) in [4.78, 5) is 25.3. The first-order valence-corrected chi connectivity index (χ1v) is 6.97. The highest BCUT2D eigenvalue weighted by molar-refractivity contribution is 5.94. The van der Waals surface area contributed by atoms with Gasteiger partial charge < -0.3 is 20.6 Å². The van der Waals surface area contributed by atoms with Crippen LogP contribution in [0.3, 0.4) is 0 Å². The maximum atomic E-state index is 12.0. The number of hydrogen-bond donors (Lipinski definition) is 3. The van der Waals surface area contributed by atoms with E-state index in [0.717, 1.165) is 25.1 Å². The van der Waals surface area contributed by atoms with Crippen molar-refractivity contribution in [3.63, 3.8) is 0 Å². The van der Waals surface area contributed by atoms with Gasteiger partial charge in [-0.05, 0) is 57.1 Å². The van der Waals surface area contributed by atoms with Gasteiger partial charge in [0.2, 0.25) is 0 Å². The normalized spacial score (nSPS) is 18.5. The van der Waals surface area contributed by atoms with Crippen molar-refractivity contribution in [2.75, 3.05) is 25.5 Å². The van der Waals surface area contributed by atoms with E-state index in [4.69, 9.17) is 0 Å². The molecule has 1 aromatic carbocycles. The minimum Gasteiger partial charge on any atom is -0.478 e. The first-order valence-electron chi connectivity index (χ1n) is 6.97. The van der Waals surface area contributed by atoms with Gasteiger partial charge in [0.25, 0.3) is 0 Å². The zero-order valence-corrected chi connectivity index (χ0v) is 12.6. The smallest absolute Gasteiger partial charge is 0.336 e. The zero-order chi connectivity index (χ0) is 15.6. The van der Waals surface area contributed by atoms with Crippen molar-refractivity contribution in [2.45, 2.75) is 26.3 Å². The van der Waals surface area contributed by atoms with E-state index in [1.54, 1.807) is 13.0 Å². The number of anilines is 1. The second kappa shape index (κ2) is 6.13. The lowest BCUT2D eigenvalue weighted by Crippen LogP contribution is -2.39. The fraction of sp³-hybridized carbons (Fsp3) is 0.467. The average molecular weight is 291 g/mol. The van der Waals surface area contributed by atoms with E-state index in [1.165, 1.54) is 6.07 Å². The Morgan fingerprint density at radius 2 is 2.05 bits per heavy atom. The molecule has 0 spiro atoms. The third-order valence-corrected chi connectivity index (χ3v) is 3.88. The number of aryl methyl sites for hydroxylation is 1. The number of likely N-dealkylation sites (N-methyl/N-ethyl adjacent to an activating group) is 1. The average Bonchev–Trinajstić information content (AvgIpc) is 2.78. The number of nitrogens with zero attached hydrogens (tertiary/aromatic N) is 1. The fourth-order valence-electron chi connectivity index (χ4n) is 2.56. The van der Waals surface area contributed by atoms with Crippen molar-refractivity contribution in [1.29, 1.82) is 0 Å². The lowest BCUT2D eigenvalue weighted by molar-refractivity contribution is 0.0696. The number of urea groups is 1. The highest BCUT2D eigenvalue weighted by atomic mass is 16.4. The van der Waals surface area contributed by atoms with Gasteiger partial charge in [0.1, 0.15) is 0 Å². The van der Waals surface area contributed by atoms with E-state index in [2.05, 4.69) is 15.5 Å². The van der Waals surface area contributed by atoms with Crippen LogP contribution >= 0.6 is 0 Å². The lowest BCUT2D eigenvalue weighted by atomic mass is 10.0. The molecule has 2 amide bonds. The van der Waals surface area contributed by atoms with Crippen LogP contribution in [0.1, 0.15) is 27.9 Å². The number of rotatable bonds is 3. The molecule has 0 radical (unpaired) electrons. The van der Waals surface area contributed by atoms with Gasteiger partial charge >= 0.3 is 12.0 Å². The summed E-state index contributed by atoms with van der Waals surface area (Å²) in [5.41, 5.74) is 2.27. The number of carboxylic acid groups (broad SMARTS) is 1. The highest BCUT2D eigenvalue weighted by Gasteiger charge is 2.21. The summed E-state index contributed by atoms with van der Waals surface area (Å²) in [5.74, 6) is -0.989. The second-order valence-corrected chi connectivity index (χ2v) is 5.62. The summed E-state index contributed by atoms with van der Waals surface area (Å²) >= 11 is 0. The number of carboxylic acids is 1. The SMILES string of the molecule is Cc1cc(NC(=O)NC2CCN(C)C2)cc(C(=O)O)c1C. The molecule has 21 heavy (non-hydrogen) atoms. The third-order valence-electron chi connectivity index (χ3n) is 3.88. The molecule has 114 valence electrons. The molecule has 1 aromatic rings. The maximum Gasteiger partial charge on any atom is 0.336 e. The minimum absolute atomic E-state index is 0.139. The van der Waals surface area contributed by atoms with Crippen molar-refractivity contribution in [2.24, 2.45) is 0 Å². The van der Waals surface area contributed by atoms with Gasteiger partial charge in [-0.15, -0.1) is 0 Å². The predicted octanol–water partition coefficient (Wildman–Crippen LogP) is 1.83. The van der Waals surface area contributed by atoms with E-state index in [0.29, 0.717) is 11.3 Å². The summed E-state index contributed by atoms with van der Waals surface area (Å²) in [7, 11) is 2.02. The second-order valence-electron chi connectivity index (χ2n) is 5.62. The summed E-state index contributed by atoms with van der Waals surface area (Å²) in [6.07, 6.45) is 0.928. The fourth-order valence-corrected chi connectivity index (χ4v) is 2.56. The summed E-state index contributed by atoms with van der Waals surface area (Å²) in [6.45, 7) is 5.40. The Hall–Kier alpha value is -2.08. The largest absolute Gasteiger partial charge is 0.478 e. The minimum atomic E-state index is -0.989. The van der Waals surface area contributed by atoms with Crippen molar-refractivity contribution in [3.8, 4) is 0 Å². The van der Waals surface area contributed by atoms with E-state index in [1.807, 2.05) is 14.0 Å². The number of nitrogens with one attached hydrogen (secondary N) is 2. The van der Waals surface area contributed by atoms with Gasteiger partial charge in [-0.2, -0.15) is 0 Å². The van der Waals surface area contributed by atoms with Crippen molar-refractivity contribution < 1.29 is 14.7 Å². The number of likely N-dealkylation sites (tertiary alicyclic amines) is 1. The molecule has 0 aliphatic carbocycles. The molecular weight excluding hydrogens is 270 g/mol. The third kappa shape index (κ3) is 3.72. The first kappa shape index (κ1) is 15.3. The summed E-state index contributed by atoms with van der Waals surface area (Å²) in [5, 5.41) is 14.8. The molecule has 1 aliphatic rings. The van der Waals surface area contributed by atoms with Crippen LogP contribution in [0.4, 0.5) is 10.5 Å². The van der Waals surface area contributed by atoms with Crippen molar-refractivity contribution >= 4 is 17.7 Å². The van der Waals surface area contributed by atoms with E-state index in [-0.39, 0.29) is 17.6 Å². The predicted molar refractivity (Wildman–Crippen MR) is 80.9 cm³/mol. The molecule has 0 aromatic heterocycles. The Kier molecular flexibility index (Phi) is 4.47. The molecule has 2 rings (SSSR count). The van der Waals surface area contributed by atoms with Gasteiger partial charge in [0.15, 0.2) is 0 Å². The van der Waals surface area contributed by atoms with Gasteiger partial charge in [-0.25, -0.2) is 9.59 Å². The van der Waals surface area contributed by atoms with Crippen LogP contribution in [-0.2, 0) is 0 Å². The van der Waals surface area contributed by atoms with Crippen LogP contribution in [-0.4, -0.2) is 48.2 Å². The van der Waals surface area contributed by atoms with Gasteiger partial charge in [0, 0.05) is 18.3 Å². The molecule has 6 nitrogen and oxygen atoms in total. The highest BCUT2D eigenvalue weighted by Crippen LogP contribution is 2.20. The molecule has 3 N–H and O–H groups in total. The molecule has 1 heterocycles. The lowest BCUT2D eigenvalue weighted by Gasteiger charge is -2.15. The van der Waals surface area contributed by atoms with Gasteiger partial charge in [0.05, 0.1) is 5.56 Å². The zero-order valence-electron chi connectivity index (χ0n) is 12.6. The number of carbonyl (C=O) groups is 2. The van der Waals surface area contributed by atoms with E-state index < -0.39 is 5.97 Å². The van der Waals surface area contributed by atoms with E-state index >= 15 is 0 Å². The number of hydrogen-bond acceptors (Lipinski definition) is 3. The molecule has 1 fully saturated rings. The molecular formula is C15H21N3O3. The van der Waals surface area contributed by atoms with Crippen LogP contribution in [0.2, 0.25) is 0 Å². The van der Waals surface area contributed by atoms with Crippen LogP contribution < -0.4 is 10.6 Å². The number of aromatic carboxylic acids is 1. The standard InChI is InChI=1S/C15H21N3O3/c1-9-6-12(7-13(10(9)2)14(19)20)17-15(21)16-11-4-5-18(3)8-11/h6-7,11H,4-5,8H2,1-3H3,(H,19,20)(H2,16,17,21). The Morgan fingerprint density at radius 1 is 1.33 bits per heavy atom. The quantitative estimate of drug-likeness (QED) is 0.793. The van der Waals surface area contributed by atoms with Crippen LogP contribution in [0.15, 0.2) is 12.1 Å². The Labute approximate surface area is 124 Å². The van der Waals surface area contributed by atoms with Crippen molar-refractivity contribution in [3.05, 3.63) is 28.8 Å². The summed E-state index contributed by atoms with van der Waals surface area (Å²) in [6, 6.07) is 3.11. The van der Waals surface area contributed by atoms with Crippen LogP contribution in [0, 0.1) is 13.8 Å². The van der Waals surface area contributed by atoms with Crippen LogP contribution in [0.5, 0.6) is 0 Å². The Morgan fingerprint density at radius 3 is 2.62 bits per heavy atom. The first-order chi connectivity index (χ1) is 9.86. The van der Waals surface area contributed by atoms with Crippen LogP contribution in [0.25, 0.3) is 0 Å². The van der Waals surface area contributed by atoms with E-state index in [9.17, 15) is 14.7 Å². The number of carbonyl (C=O) groups excluding carboxylic acids is 1. The monoisotopic (exact) mass is 291 g/mol. The molecule has 6 heteroatoms. The molecule has 0 saturated carbocycles. The number of amides is 2. The maximum absolute atomic E-state index is 12.0. The Bertz CT molecular complexity index is 572. The molecule has 1 aliphatic heterocycles. The topological polar surface area (TPSA) is 81.7 Å². The molecule has 1 atom stereocenters. The molecule has 1 unspecified atom stereocenters. The molecule has 0 bridgehead atoms. The Balaban J connectivity index is 2.05. The number of benzene rings is 1. The van der Waals surface area contributed by atoms with Crippen molar-refractivity contribution in [1.82, 2.24) is 10.2 Å². The summed E-state index contributed by atoms with van der Waals surface area (Å²) < 4.78 is 0. The van der Waals surface area contributed by atoms with Gasteiger partial charge in [-0.3, -0.25) is 0 Å².